The number of benzene rings is 2. The fourth-order valence-electron chi connectivity index (χ4n) is 2.18. The highest BCUT2D eigenvalue weighted by molar-refractivity contribution is 7.07. The van der Waals surface area contributed by atoms with E-state index in [9.17, 15) is 9.59 Å². The van der Waals surface area contributed by atoms with E-state index in [0.29, 0.717) is 29.2 Å². The summed E-state index contributed by atoms with van der Waals surface area (Å²) in [6.45, 7) is 0.390. The van der Waals surface area contributed by atoms with E-state index in [-0.39, 0.29) is 5.91 Å². The molecule has 3 rings (SSSR count). The largest absolute Gasteiger partial charge is 0.487 e. The molecule has 7 heteroatoms. The molecule has 26 heavy (non-hydrogen) atoms. The van der Waals surface area contributed by atoms with Gasteiger partial charge in [-0.1, -0.05) is 0 Å². The Balaban J connectivity index is 1.58. The second-order valence-electron chi connectivity index (χ2n) is 5.32. The zero-order chi connectivity index (χ0) is 18.4. The first-order valence-corrected chi connectivity index (χ1v) is 8.69. The predicted molar refractivity (Wildman–Crippen MR) is 98.6 cm³/mol. The van der Waals surface area contributed by atoms with Gasteiger partial charge in [0.25, 0.3) is 5.91 Å². The highest BCUT2D eigenvalue weighted by Gasteiger charge is 2.08. The van der Waals surface area contributed by atoms with Gasteiger partial charge in [0.15, 0.2) is 0 Å². The highest BCUT2D eigenvalue weighted by Crippen LogP contribution is 2.16. The lowest BCUT2D eigenvalue weighted by Crippen LogP contribution is -2.12. The minimum Gasteiger partial charge on any atom is -0.487 e. The maximum Gasteiger partial charge on any atom is 0.337 e. The van der Waals surface area contributed by atoms with Crippen molar-refractivity contribution in [3.63, 3.8) is 0 Å². The molecule has 0 radical (unpaired) electrons. The number of hydrogen-bond acceptors (Lipinski definition) is 6. The first-order valence-electron chi connectivity index (χ1n) is 7.75. The van der Waals surface area contributed by atoms with Crippen LogP contribution in [0, 0.1) is 0 Å². The Labute approximate surface area is 154 Å². The minimum absolute atomic E-state index is 0.248. The van der Waals surface area contributed by atoms with E-state index in [4.69, 9.17) is 4.74 Å². The lowest BCUT2D eigenvalue weighted by molar-refractivity contribution is 0.0600. The molecular formula is C19H16N2O4S. The van der Waals surface area contributed by atoms with Crippen molar-refractivity contribution in [2.75, 3.05) is 12.4 Å². The molecule has 0 bridgehead atoms. The molecule has 0 aliphatic carbocycles. The van der Waals surface area contributed by atoms with Crippen LogP contribution in [0.3, 0.4) is 0 Å². The summed E-state index contributed by atoms with van der Waals surface area (Å²) in [5, 5.41) is 4.70. The third-order valence-corrected chi connectivity index (χ3v) is 4.19. The number of esters is 1. The van der Waals surface area contributed by atoms with E-state index < -0.39 is 5.97 Å². The van der Waals surface area contributed by atoms with Gasteiger partial charge in [0, 0.05) is 16.6 Å². The van der Waals surface area contributed by atoms with Crippen LogP contribution in [0.2, 0.25) is 0 Å². The van der Waals surface area contributed by atoms with Crippen LogP contribution >= 0.6 is 11.3 Å². The number of nitrogens with zero attached hydrogens (tertiary/aromatic N) is 1. The number of hydrogen-bond donors (Lipinski definition) is 1. The zero-order valence-electron chi connectivity index (χ0n) is 14.0. The molecule has 3 aromatic rings. The van der Waals surface area contributed by atoms with Crippen LogP contribution in [-0.4, -0.2) is 24.0 Å². The number of nitrogens with one attached hydrogen (secondary N) is 1. The molecule has 0 atom stereocenters. The van der Waals surface area contributed by atoms with Gasteiger partial charge in [-0.2, -0.15) is 0 Å². The maximum atomic E-state index is 12.3. The zero-order valence-corrected chi connectivity index (χ0v) is 14.8. The molecule has 0 saturated carbocycles. The van der Waals surface area contributed by atoms with E-state index in [0.717, 1.165) is 5.69 Å². The predicted octanol–water partition coefficient (Wildman–Crippen LogP) is 3.76. The monoisotopic (exact) mass is 368 g/mol. The molecule has 132 valence electrons. The molecular weight excluding hydrogens is 352 g/mol. The summed E-state index contributed by atoms with van der Waals surface area (Å²) >= 11 is 1.52. The van der Waals surface area contributed by atoms with Gasteiger partial charge in [-0.25, -0.2) is 9.78 Å². The average Bonchev–Trinajstić information content (AvgIpc) is 3.20. The van der Waals surface area contributed by atoms with Crippen LogP contribution in [0.1, 0.15) is 26.4 Å². The Morgan fingerprint density at radius 3 is 2.35 bits per heavy atom. The summed E-state index contributed by atoms with van der Waals surface area (Å²) in [6.07, 6.45) is 0. The Hall–Kier alpha value is -3.19. The molecule has 0 spiro atoms. The molecule has 0 saturated heterocycles. The van der Waals surface area contributed by atoms with Gasteiger partial charge in [-0.05, 0) is 48.5 Å². The number of methoxy groups -OCH3 is 1. The summed E-state index contributed by atoms with van der Waals surface area (Å²) < 4.78 is 10.3. The number of carbonyl (C=O) groups is 2. The molecule has 1 amide bonds. The quantitative estimate of drug-likeness (QED) is 0.670. The molecule has 0 fully saturated rings. The van der Waals surface area contributed by atoms with Crippen molar-refractivity contribution in [1.29, 1.82) is 0 Å². The van der Waals surface area contributed by atoms with Crippen molar-refractivity contribution in [2.24, 2.45) is 0 Å². The third-order valence-electron chi connectivity index (χ3n) is 3.55. The summed E-state index contributed by atoms with van der Waals surface area (Å²) in [6, 6.07) is 13.3. The SMILES string of the molecule is COC(=O)c1ccc(NC(=O)c2ccc(OCc3cscn3)cc2)cc1. The fraction of sp³-hybridized carbons (Fsp3) is 0.105. The number of amides is 1. The summed E-state index contributed by atoms with van der Waals surface area (Å²) in [5.74, 6) is -0.00466. The first-order chi connectivity index (χ1) is 12.7. The molecule has 0 aliphatic rings. The lowest BCUT2D eigenvalue weighted by Gasteiger charge is -2.08. The first kappa shape index (κ1) is 17.6. The molecule has 0 unspecified atom stereocenters. The fourth-order valence-corrected chi connectivity index (χ4v) is 2.72. The number of rotatable bonds is 6. The average molecular weight is 368 g/mol. The molecule has 2 aromatic carbocycles. The Bertz CT molecular complexity index is 875. The second kappa shape index (κ2) is 8.26. The van der Waals surface area contributed by atoms with Crippen molar-refractivity contribution in [1.82, 2.24) is 4.98 Å². The van der Waals surface area contributed by atoms with Gasteiger partial charge < -0.3 is 14.8 Å². The number of carbonyl (C=O) groups excluding carboxylic acids is 2. The smallest absolute Gasteiger partial charge is 0.337 e. The normalized spacial score (nSPS) is 10.2. The Morgan fingerprint density at radius 1 is 1.04 bits per heavy atom. The van der Waals surface area contributed by atoms with Crippen LogP contribution in [0.25, 0.3) is 0 Å². The van der Waals surface area contributed by atoms with E-state index in [1.807, 2.05) is 5.38 Å². The van der Waals surface area contributed by atoms with Gasteiger partial charge in [0.05, 0.1) is 23.9 Å². The number of aromatic nitrogens is 1. The molecule has 1 N–H and O–H groups in total. The van der Waals surface area contributed by atoms with E-state index in [2.05, 4.69) is 15.0 Å². The van der Waals surface area contributed by atoms with Crippen LogP contribution in [-0.2, 0) is 11.3 Å². The Morgan fingerprint density at radius 2 is 1.73 bits per heavy atom. The molecule has 6 nitrogen and oxygen atoms in total. The van der Waals surface area contributed by atoms with Crippen molar-refractivity contribution >= 4 is 28.9 Å². The van der Waals surface area contributed by atoms with Crippen molar-refractivity contribution in [3.05, 3.63) is 76.2 Å². The molecule has 1 heterocycles. The van der Waals surface area contributed by atoms with Gasteiger partial charge in [0.2, 0.25) is 0 Å². The van der Waals surface area contributed by atoms with Crippen LogP contribution < -0.4 is 10.1 Å². The summed E-state index contributed by atoms with van der Waals surface area (Å²) in [7, 11) is 1.32. The standard InChI is InChI=1S/C19H16N2O4S/c1-24-19(23)14-2-6-15(7-3-14)21-18(22)13-4-8-17(9-5-13)25-10-16-11-26-12-20-16/h2-9,11-12H,10H2,1H3,(H,21,22). The third kappa shape index (κ3) is 4.46. The van der Waals surface area contributed by atoms with Crippen LogP contribution in [0.5, 0.6) is 5.75 Å². The second-order valence-corrected chi connectivity index (χ2v) is 6.03. The lowest BCUT2D eigenvalue weighted by atomic mass is 10.1. The van der Waals surface area contributed by atoms with Gasteiger partial charge in [-0.3, -0.25) is 4.79 Å². The van der Waals surface area contributed by atoms with Crippen molar-refractivity contribution < 1.29 is 19.1 Å². The minimum atomic E-state index is -0.420. The van der Waals surface area contributed by atoms with E-state index in [1.54, 1.807) is 54.0 Å². The molecule has 0 aliphatic heterocycles. The van der Waals surface area contributed by atoms with Gasteiger partial charge in [-0.15, -0.1) is 11.3 Å². The number of anilines is 1. The van der Waals surface area contributed by atoms with Gasteiger partial charge >= 0.3 is 5.97 Å². The summed E-state index contributed by atoms with van der Waals surface area (Å²) in [5.41, 5.74) is 4.14. The van der Waals surface area contributed by atoms with E-state index in [1.165, 1.54) is 18.4 Å². The number of ether oxygens (including phenoxy) is 2. The van der Waals surface area contributed by atoms with Crippen LogP contribution in [0.15, 0.2) is 59.4 Å². The Kier molecular flexibility index (Phi) is 5.60. The number of thiazole rings is 1. The van der Waals surface area contributed by atoms with Crippen LogP contribution in [0.4, 0.5) is 5.69 Å². The topological polar surface area (TPSA) is 77.5 Å². The maximum absolute atomic E-state index is 12.3. The van der Waals surface area contributed by atoms with Gasteiger partial charge in [0.1, 0.15) is 12.4 Å². The highest BCUT2D eigenvalue weighted by atomic mass is 32.1. The molecule has 1 aromatic heterocycles. The van der Waals surface area contributed by atoms with Crippen molar-refractivity contribution in [3.8, 4) is 5.75 Å². The van der Waals surface area contributed by atoms with Crippen molar-refractivity contribution in [2.45, 2.75) is 6.61 Å². The van der Waals surface area contributed by atoms with E-state index >= 15 is 0 Å². The summed E-state index contributed by atoms with van der Waals surface area (Å²) in [4.78, 5) is 27.8.